The predicted octanol–water partition coefficient (Wildman–Crippen LogP) is 9.13. The van der Waals surface area contributed by atoms with E-state index in [0.29, 0.717) is 11.5 Å². The van der Waals surface area contributed by atoms with Crippen molar-refractivity contribution >= 4 is 0 Å². The second-order valence-corrected chi connectivity index (χ2v) is 11.5. The molecule has 0 saturated carbocycles. The van der Waals surface area contributed by atoms with Crippen molar-refractivity contribution in [2.24, 2.45) is 0 Å². The first-order valence-electron chi connectivity index (χ1n) is 15.7. The van der Waals surface area contributed by atoms with Crippen molar-refractivity contribution in [2.45, 2.75) is 11.2 Å². The quantitative estimate of drug-likeness (QED) is 0.166. The van der Waals surface area contributed by atoms with E-state index in [0.717, 1.165) is 56.4 Å². The number of hydrogen-bond acceptors (Lipinski definition) is 6. The van der Waals surface area contributed by atoms with E-state index in [-0.39, 0.29) is 0 Å². The van der Waals surface area contributed by atoms with Crippen molar-refractivity contribution in [1.29, 1.82) is 0 Å². The van der Waals surface area contributed by atoms with Crippen LogP contribution in [0.5, 0.6) is 34.5 Å². The van der Waals surface area contributed by atoms with Crippen LogP contribution >= 0.6 is 0 Å². The molecule has 6 aromatic carbocycles. The van der Waals surface area contributed by atoms with Crippen LogP contribution in [0.15, 0.2) is 146 Å². The Labute approximate surface area is 281 Å². The van der Waals surface area contributed by atoms with Gasteiger partial charge in [0.05, 0.1) is 28.4 Å². The van der Waals surface area contributed by atoms with E-state index in [1.165, 1.54) is 0 Å². The molecule has 0 fully saturated rings. The Kier molecular flexibility index (Phi) is 8.26. The molecule has 0 unspecified atom stereocenters. The zero-order valence-corrected chi connectivity index (χ0v) is 27.3. The maximum absolute atomic E-state index is 8.11. The fraction of sp³-hybridized carbons (Fsp3) is 0.143. The third-order valence-corrected chi connectivity index (χ3v) is 9.04. The molecule has 0 radical (unpaired) electrons. The molecular formula is C42H36O6. The van der Waals surface area contributed by atoms with E-state index in [1.807, 2.05) is 84.9 Å². The molecule has 7 rings (SSSR count). The normalized spacial score (nSPS) is 14.2. The second-order valence-electron chi connectivity index (χ2n) is 11.5. The summed E-state index contributed by atoms with van der Waals surface area (Å²) in [5.74, 6) is 4.30. The Morgan fingerprint density at radius 1 is 0.354 bits per heavy atom. The molecule has 6 nitrogen and oxygen atoms in total. The molecule has 0 N–H and O–H groups in total. The van der Waals surface area contributed by atoms with Crippen molar-refractivity contribution in [1.82, 2.24) is 0 Å². The number of methoxy groups -OCH3 is 4. The van der Waals surface area contributed by atoms with E-state index in [1.54, 1.807) is 28.4 Å². The minimum atomic E-state index is -1.22. The van der Waals surface area contributed by atoms with Crippen LogP contribution in [0.3, 0.4) is 0 Å². The average Bonchev–Trinajstić information content (AvgIpc) is 3.16. The van der Waals surface area contributed by atoms with Gasteiger partial charge in [-0.15, -0.1) is 0 Å². The number of ether oxygens (including phenoxy) is 6. The highest BCUT2D eigenvalue weighted by Crippen LogP contribution is 2.57. The van der Waals surface area contributed by atoms with Gasteiger partial charge < -0.3 is 28.4 Å². The Bertz CT molecular complexity index is 1760. The maximum atomic E-state index is 8.11. The molecule has 0 aliphatic carbocycles. The summed E-state index contributed by atoms with van der Waals surface area (Å²) < 4.78 is 37.5. The molecule has 240 valence electrons. The molecule has 0 spiro atoms. The summed E-state index contributed by atoms with van der Waals surface area (Å²) in [4.78, 5) is 0. The largest absolute Gasteiger partial charge is 0.497 e. The molecule has 0 bridgehead atoms. The Hall–Kier alpha value is -5.72. The van der Waals surface area contributed by atoms with Gasteiger partial charge in [-0.3, -0.25) is 0 Å². The summed E-state index contributed by atoms with van der Waals surface area (Å²) in [7, 11) is 6.66. The molecule has 48 heavy (non-hydrogen) atoms. The van der Waals surface area contributed by atoms with Gasteiger partial charge >= 0.3 is 0 Å². The lowest BCUT2D eigenvalue weighted by molar-refractivity contribution is -0.0848. The van der Waals surface area contributed by atoms with Crippen LogP contribution < -0.4 is 23.7 Å². The van der Waals surface area contributed by atoms with E-state index in [9.17, 15) is 0 Å². The highest BCUT2D eigenvalue weighted by molar-refractivity contribution is 5.61. The summed E-state index contributed by atoms with van der Waals surface area (Å²) >= 11 is 0. The summed E-state index contributed by atoms with van der Waals surface area (Å²) in [5, 5.41) is 0. The van der Waals surface area contributed by atoms with Crippen molar-refractivity contribution < 1.29 is 28.4 Å². The SMILES string of the molecule is COc1ccc(C2(c3ccc(OC)cc3)OC(c3ccc(OC)cc3)(c3ccc(OC)cc3)c3ccccc3Oc3ccccc32)cc1. The van der Waals surface area contributed by atoms with Gasteiger partial charge in [0.15, 0.2) is 0 Å². The van der Waals surface area contributed by atoms with E-state index in [2.05, 4.69) is 60.7 Å². The highest BCUT2D eigenvalue weighted by atomic mass is 16.5. The smallest absolute Gasteiger partial charge is 0.149 e. The van der Waals surface area contributed by atoms with Gasteiger partial charge in [0.25, 0.3) is 0 Å². The number of rotatable bonds is 8. The van der Waals surface area contributed by atoms with E-state index >= 15 is 0 Å². The monoisotopic (exact) mass is 636 g/mol. The molecule has 1 aliphatic heterocycles. The van der Waals surface area contributed by atoms with Crippen molar-refractivity contribution in [3.8, 4) is 34.5 Å². The van der Waals surface area contributed by atoms with Crippen LogP contribution in [0.25, 0.3) is 0 Å². The van der Waals surface area contributed by atoms with Crippen LogP contribution in [0, 0.1) is 0 Å². The number of para-hydroxylation sites is 2. The second kappa shape index (κ2) is 12.8. The van der Waals surface area contributed by atoms with Crippen LogP contribution in [0.2, 0.25) is 0 Å². The highest BCUT2D eigenvalue weighted by Gasteiger charge is 2.52. The molecule has 1 aliphatic rings. The van der Waals surface area contributed by atoms with Crippen LogP contribution in [-0.4, -0.2) is 28.4 Å². The summed E-state index contributed by atoms with van der Waals surface area (Å²) in [6.45, 7) is 0. The van der Waals surface area contributed by atoms with Crippen LogP contribution in [0.1, 0.15) is 33.4 Å². The predicted molar refractivity (Wildman–Crippen MR) is 186 cm³/mol. The van der Waals surface area contributed by atoms with Crippen molar-refractivity contribution in [2.75, 3.05) is 28.4 Å². The molecule has 6 aromatic rings. The minimum Gasteiger partial charge on any atom is -0.497 e. The standard InChI is InChI=1S/C42H36O6/c1-43-33-21-13-29(14-22-33)41(30-15-23-34(44-2)24-16-30)37-9-5-7-11-39(37)47-40-12-8-6-10-38(40)42(48-41,31-17-25-35(45-3)26-18-31)32-19-27-36(46-4)28-20-32/h5-28H,1-4H3. The van der Waals surface area contributed by atoms with Gasteiger partial charge in [0.1, 0.15) is 45.7 Å². The molecule has 0 aromatic heterocycles. The molecule has 0 amide bonds. The van der Waals surface area contributed by atoms with Crippen LogP contribution in [0.4, 0.5) is 0 Å². The van der Waals surface area contributed by atoms with Gasteiger partial charge in [0.2, 0.25) is 0 Å². The summed E-state index contributed by atoms with van der Waals surface area (Å²) in [6, 6.07) is 48.3. The zero-order valence-electron chi connectivity index (χ0n) is 27.3. The van der Waals surface area contributed by atoms with Gasteiger partial charge in [-0.2, -0.15) is 0 Å². The lowest BCUT2D eigenvalue weighted by Crippen LogP contribution is -2.45. The third-order valence-electron chi connectivity index (χ3n) is 9.04. The third kappa shape index (κ3) is 5.11. The van der Waals surface area contributed by atoms with Gasteiger partial charge in [-0.05, 0) is 82.9 Å². The number of hydrogen-bond donors (Lipinski definition) is 0. The fourth-order valence-corrected chi connectivity index (χ4v) is 6.64. The number of fused-ring (bicyclic) bond motifs is 2. The molecule has 1 heterocycles. The first-order valence-corrected chi connectivity index (χ1v) is 15.7. The molecular weight excluding hydrogens is 600 g/mol. The van der Waals surface area contributed by atoms with Crippen LogP contribution in [-0.2, 0) is 15.9 Å². The molecule has 0 atom stereocenters. The lowest BCUT2D eigenvalue weighted by atomic mass is 9.74. The fourth-order valence-electron chi connectivity index (χ4n) is 6.64. The summed E-state index contributed by atoms with van der Waals surface area (Å²) in [6.07, 6.45) is 0. The number of benzene rings is 6. The Balaban J connectivity index is 1.65. The van der Waals surface area contributed by atoms with Gasteiger partial charge in [0, 0.05) is 11.1 Å². The summed E-state index contributed by atoms with van der Waals surface area (Å²) in [5.41, 5.74) is 2.77. The molecule has 6 heteroatoms. The topological polar surface area (TPSA) is 55.4 Å². The average molecular weight is 637 g/mol. The Morgan fingerprint density at radius 2 is 0.625 bits per heavy atom. The van der Waals surface area contributed by atoms with E-state index in [4.69, 9.17) is 28.4 Å². The van der Waals surface area contributed by atoms with Gasteiger partial charge in [-0.25, -0.2) is 0 Å². The van der Waals surface area contributed by atoms with E-state index < -0.39 is 11.2 Å². The minimum absolute atomic E-state index is 0.676. The molecule has 0 saturated heterocycles. The lowest BCUT2D eigenvalue weighted by Gasteiger charge is -2.48. The Morgan fingerprint density at radius 3 is 0.896 bits per heavy atom. The zero-order chi connectivity index (χ0) is 33.1. The first kappa shape index (κ1) is 30.9. The first-order chi connectivity index (χ1) is 23.5. The van der Waals surface area contributed by atoms with Crippen molar-refractivity contribution in [3.63, 3.8) is 0 Å². The maximum Gasteiger partial charge on any atom is 0.149 e. The van der Waals surface area contributed by atoms with Crippen molar-refractivity contribution in [3.05, 3.63) is 179 Å². The van der Waals surface area contributed by atoms with Gasteiger partial charge in [-0.1, -0.05) is 84.9 Å².